The van der Waals surface area contributed by atoms with Crippen molar-refractivity contribution in [2.45, 2.75) is 44.7 Å². The van der Waals surface area contributed by atoms with Crippen LogP contribution in [0.4, 0.5) is 0 Å². The predicted octanol–water partition coefficient (Wildman–Crippen LogP) is 3.48. The zero-order valence-electron chi connectivity index (χ0n) is 12.4. The first kappa shape index (κ1) is 15.0. The number of aromatic nitrogens is 2. The molecule has 0 N–H and O–H groups in total. The molecule has 4 heteroatoms. The second-order valence-corrected chi connectivity index (χ2v) is 6.71. The lowest BCUT2D eigenvalue weighted by atomic mass is 10.0. The summed E-state index contributed by atoms with van der Waals surface area (Å²) in [6.07, 6.45) is 3.71. The molecule has 0 fully saturated rings. The monoisotopic (exact) mass is 290 g/mol. The minimum atomic E-state index is -0.913. The molecule has 3 nitrogen and oxygen atoms in total. The molecule has 108 valence electrons. The SMILES string of the molecule is CCn1ccnc1CS(=O)Cc1ccc(C(C)C)cc1. The third-order valence-corrected chi connectivity index (χ3v) is 4.64. The molecule has 0 aliphatic heterocycles. The van der Waals surface area contributed by atoms with Crippen LogP contribution in [0.25, 0.3) is 0 Å². The minimum absolute atomic E-state index is 0.521. The molecule has 1 atom stereocenters. The molecular weight excluding hydrogens is 268 g/mol. The van der Waals surface area contributed by atoms with Crippen molar-refractivity contribution in [3.05, 3.63) is 53.6 Å². The van der Waals surface area contributed by atoms with Gasteiger partial charge < -0.3 is 4.57 Å². The van der Waals surface area contributed by atoms with Gasteiger partial charge >= 0.3 is 0 Å². The van der Waals surface area contributed by atoms with E-state index in [0.29, 0.717) is 17.4 Å². The highest BCUT2D eigenvalue weighted by molar-refractivity contribution is 7.83. The van der Waals surface area contributed by atoms with Gasteiger partial charge in [-0.3, -0.25) is 4.21 Å². The van der Waals surface area contributed by atoms with Crippen LogP contribution in [0.1, 0.15) is 43.6 Å². The van der Waals surface area contributed by atoms with E-state index in [1.54, 1.807) is 6.20 Å². The Balaban J connectivity index is 1.97. The molecule has 0 aliphatic carbocycles. The summed E-state index contributed by atoms with van der Waals surface area (Å²) in [6, 6.07) is 8.42. The Morgan fingerprint density at radius 3 is 2.50 bits per heavy atom. The van der Waals surface area contributed by atoms with E-state index in [-0.39, 0.29) is 0 Å². The molecular formula is C16H22N2OS. The van der Waals surface area contributed by atoms with Crippen molar-refractivity contribution in [2.24, 2.45) is 0 Å². The van der Waals surface area contributed by atoms with E-state index in [0.717, 1.165) is 17.9 Å². The van der Waals surface area contributed by atoms with E-state index >= 15 is 0 Å². The van der Waals surface area contributed by atoms with Gasteiger partial charge in [-0.05, 0) is 24.0 Å². The quantitative estimate of drug-likeness (QED) is 0.816. The van der Waals surface area contributed by atoms with Crippen LogP contribution in [0.15, 0.2) is 36.7 Å². The minimum Gasteiger partial charge on any atom is -0.334 e. The third kappa shape index (κ3) is 3.79. The molecule has 1 unspecified atom stereocenters. The molecule has 0 aliphatic rings. The van der Waals surface area contributed by atoms with Gasteiger partial charge in [-0.2, -0.15) is 0 Å². The van der Waals surface area contributed by atoms with Crippen molar-refractivity contribution in [1.29, 1.82) is 0 Å². The molecule has 1 aromatic heterocycles. The van der Waals surface area contributed by atoms with Crippen molar-refractivity contribution in [3.63, 3.8) is 0 Å². The van der Waals surface area contributed by atoms with Crippen LogP contribution in [-0.2, 0) is 28.9 Å². The number of imidazole rings is 1. The predicted molar refractivity (Wildman–Crippen MR) is 84.0 cm³/mol. The second kappa shape index (κ2) is 6.84. The van der Waals surface area contributed by atoms with Crippen LogP contribution in [0, 0.1) is 0 Å². The molecule has 2 aromatic rings. The summed E-state index contributed by atoms with van der Waals surface area (Å²) in [7, 11) is -0.913. The molecule has 0 amide bonds. The van der Waals surface area contributed by atoms with Gasteiger partial charge in [-0.25, -0.2) is 4.98 Å². The van der Waals surface area contributed by atoms with E-state index in [9.17, 15) is 4.21 Å². The van der Waals surface area contributed by atoms with Crippen molar-refractivity contribution < 1.29 is 4.21 Å². The summed E-state index contributed by atoms with van der Waals surface area (Å²) in [5.74, 6) is 2.55. The topological polar surface area (TPSA) is 34.9 Å². The maximum atomic E-state index is 12.2. The largest absolute Gasteiger partial charge is 0.334 e. The highest BCUT2D eigenvalue weighted by Crippen LogP contribution is 2.16. The maximum absolute atomic E-state index is 12.2. The van der Waals surface area contributed by atoms with Gasteiger partial charge in [-0.15, -0.1) is 0 Å². The van der Waals surface area contributed by atoms with Crippen molar-refractivity contribution in [3.8, 4) is 0 Å². The summed E-state index contributed by atoms with van der Waals surface area (Å²) < 4.78 is 14.3. The van der Waals surface area contributed by atoms with Crippen LogP contribution in [0.5, 0.6) is 0 Å². The average Bonchev–Trinajstić information content (AvgIpc) is 2.86. The van der Waals surface area contributed by atoms with E-state index in [4.69, 9.17) is 0 Å². The number of hydrogen-bond donors (Lipinski definition) is 0. The van der Waals surface area contributed by atoms with Crippen LogP contribution >= 0.6 is 0 Å². The summed E-state index contributed by atoms with van der Waals surface area (Å²) in [6.45, 7) is 7.30. The Morgan fingerprint density at radius 2 is 1.90 bits per heavy atom. The summed E-state index contributed by atoms with van der Waals surface area (Å²) in [5, 5.41) is 0. The molecule has 20 heavy (non-hydrogen) atoms. The first-order valence-electron chi connectivity index (χ1n) is 7.04. The van der Waals surface area contributed by atoms with E-state index in [2.05, 4.69) is 50.0 Å². The Morgan fingerprint density at radius 1 is 1.20 bits per heavy atom. The Kier molecular flexibility index (Phi) is 5.12. The number of rotatable bonds is 6. The number of nitrogens with zero attached hydrogens (tertiary/aromatic N) is 2. The molecule has 0 bridgehead atoms. The standard InChI is InChI=1S/C16H22N2OS/c1-4-18-10-9-17-16(18)12-20(19)11-14-5-7-15(8-6-14)13(2)3/h5-10,13H,4,11-12H2,1-3H3. The fraction of sp³-hybridized carbons (Fsp3) is 0.438. The number of benzene rings is 1. The van der Waals surface area contributed by atoms with Crippen LogP contribution in [0.2, 0.25) is 0 Å². The van der Waals surface area contributed by atoms with Gasteiger partial charge in [0, 0.05) is 35.5 Å². The van der Waals surface area contributed by atoms with E-state index < -0.39 is 10.8 Å². The zero-order valence-corrected chi connectivity index (χ0v) is 13.2. The zero-order chi connectivity index (χ0) is 14.5. The molecule has 1 heterocycles. The van der Waals surface area contributed by atoms with E-state index in [1.807, 2.05) is 10.8 Å². The Hall–Kier alpha value is -1.42. The number of hydrogen-bond acceptors (Lipinski definition) is 2. The summed E-state index contributed by atoms with van der Waals surface area (Å²) >= 11 is 0. The lowest BCUT2D eigenvalue weighted by Crippen LogP contribution is -2.06. The Bertz CT molecular complexity index is 572. The summed E-state index contributed by atoms with van der Waals surface area (Å²) in [4.78, 5) is 4.28. The van der Waals surface area contributed by atoms with Gasteiger partial charge in [-0.1, -0.05) is 38.1 Å². The van der Waals surface area contributed by atoms with Crippen molar-refractivity contribution >= 4 is 10.8 Å². The molecule has 2 rings (SSSR count). The highest BCUT2D eigenvalue weighted by atomic mass is 32.2. The van der Waals surface area contributed by atoms with Gasteiger partial charge in [0.2, 0.25) is 0 Å². The summed E-state index contributed by atoms with van der Waals surface area (Å²) in [5.41, 5.74) is 2.45. The van der Waals surface area contributed by atoms with Gasteiger partial charge in [0.15, 0.2) is 0 Å². The fourth-order valence-corrected chi connectivity index (χ4v) is 3.34. The molecule has 0 radical (unpaired) electrons. The van der Waals surface area contributed by atoms with Crippen molar-refractivity contribution in [1.82, 2.24) is 9.55 Å². The smallest absolute Gasteiger partial charge is 0.121 e. The second-order valence-electron chi connectivity index (χ2n) is 5.25. The first-order valence-corrected chi connectivity index (χ1v) is 8.52. The van der Waals surface area contributed by atoms with Crippen LogP contribution < -0.4 is 0 Å². The Labute approximate surface area is 123 Å². The average molecular weight is 290 g/mol. The fourth-order valence-electron chi connectivity index (χ4n) is 2.15. The number of aryl methyl sites for hydroxylation is 1. The van der Waals surface area contributed by atoms with Gasteiger partial charge in [0.05, 0.1) is 5.75 Å². The molecule has 0 spiro atoms. The lowest BCUT2D eigenvalue weighted by molar-refractivity contribution is 0.674. The van der Waals surface area contributed by atoms with Crippen LogP contribution in [0.3, 0.4) is 0 Å². The first-order chi connectivity index (χ1) is 9.60. The normalized spacial score (nSPS) is 12.8. The lowest BCUT2D eigenvalue weighted by Gasteiger charge is -2.08. The van der Waals surface area contributed by atoms with Crippen LogP contribution in [-0.4, -0.2) is 13.8 Å². The van der Waals surface area contributed by atoms with Gasteiger partial charge in [0.25, 0.3) is 0 Å². The van der Waals surface area contributed by atoms with E-state index in [1.165, 1.54) is 5.56 Å². The maximum Gasteiger partial charge on any atom is 0.121 e. The van der Waals surface area contributed by atoms with Gasteiger partial charge in [0.1, 0.15) is 5.82 Å². The molecule has 0 saturated carbocycles. The molecule has 0 saturated heterocycles. The molecule has 1 aromatic carbocycles. The highest BCUT2D eigenvalue weighted by Gasteiger charge is 2.08. The third-order valence-electron chi connectivity index (χ3n) is 3.41. The van der Waals surface area contributed by atoms with Crippen molar-refractivity contribution in [2.75, 3.05) is 0 Å².